The van der Waals surface area contributed by atoms with E-state index in [1.165, 1.54) is 6.07 Å². The van der Waals surface area contributed by atoms with Gasteiger partial charge in [0, 0.05) is 25.0 Å². The minimum absolute atomic E-state index is 0.145. The van der Waals surface area contributed by atoms with E-state index >= 15 is 0 Å². The molecule has 0 spiro atoms. The van der Waals surface area contributed by atoms with Crippen molar-refractivity contribution in [3.05, 3.63) is 52.9 Å². The van der Waals surface area contributed by atoms with Crippen molar-refractivity contribution < 1.29 is 23.5 Å². The highest BCUT2D eigenvalue weighted by atomic mass is 19.2. The Kier molecular flexibility index (Phi) is 3.96. The molecule has 0 saturated heterocycles. The van der Waals surface area contributed by atoms with Crippen LogP contribution in [0.1, 0.15) is 34.1 Å². The Bertz CT molecular complexity index is 832. The minimum Gasteiger partial charge on any atom is -0.465 e. The molecule has 1 aromatic carbocycles. The first-order valence-corrected chi connectivity index (χ1v) is 7.30. The molecule has 0 saturated carbocycles. The first-order chi connectivity index (χ1) is 11.4. The fourth-order valence-electron chi connectivity index (χ4n) is 3.07. The van der Waals surface area contributed by atoms with Crippen molar-refractivity contribution in [2.24, 2.45) is 7.05 Å². The topological polar surface area (TPSA) is 83.4 Å². The largest absolute Gasteiger partial charge is 0.465 e. The second kappa shape index (κ2) is 5.95. The lowest BCUT2D eigenvalue weighted by atomic mass is 10.1. The Labute approximate surface area is 136 Å². The molecule has 3 rings (SSSR count). The van der Waals surface area contributed by atoms with Gasteiger partial charge in [-0.15, -0.1) is 0 Å². The molecule has 1 unspecified atom stereocenters. The number of amides is 2. The summed E-state index contributed by atoms with van der Waals surface area (Å²) in [4.78, 5) is 23.3. The van der Waals surface area contributed by atoms with Crippen molar-refractivity contribution in [3.8, 4) is 0 Å². The lowest BCUT2D eigenvalue weighted by molar-refractivity contribution is 0.101. The number of aromatic nitrogens is 1. The van der Waals surface area contributed by atoms with Crippen LogP contribution >= 0.6 is 0 Å². The zero-order valence-electron chi connectivity index (χ0n) is 12.8. The Morgan fingerprint density at radius 3 is 2.71 bits per heavy atom. The SMILES string of the molecule is Cn1cc2c(c1C(=O)Nc1ccc(F)c(F)c1)CCC2NC(=O)O. The molecular weight excluding hydrogens is 320 g/mol. The Hall–Kier alpha value is -2.90. The van der Waals surface area contributed by atoms with Crippen molar-refractivity contribution >= 4 is 17.7 Å². The highest BCUT2D eigenvalue weighted by molar-refractivity contribution is 6.04. The quantitative estimate of drug-likeness (QED) is 0.806. The number of nitrogens with one attached hydrogen (secondary N) is 2. The number of anilines is 1. The number of hydrogen-bond acceptors (Lipinski definition) is 2. The molecule has 0 fully saturated rings. The summed E-state index contributed by atoms with van der Waals surface area (Å²) in [5.41, 5.74) is 2.04. The average molecular weight is 335 g/mol. The maximum Gasteiger partial charge on any atom is 0.405 e. The molecular formula is C16H15F2N3O3. The number of hydrogen-bond donors (Lipinski definition) is 3. The predicted molar refractivity (Wildman–Crippen MR) is 81.9 cm³/mol. The molecule has 1 aliphatic rings. The number of benzene rings is 1. The number of aryl methyl sites for hydroxylation is 1. The number of halogens is 2. The van der Waals surface area contributed by atoms with Crippen LogP contribution in [0.25, 0.3) is 0 Å². The summed E-state index contributed by atoms with van der Waals surface area (Å²) in [6.07, 6.45) is 1.72. The smallest absolute Gasteiger partial charge is 0.405 e. The molecule has 6 nitrogen and oxygen atoms in total. The van der Waals surface area contributed by atoms with Crippen molar-refractivity contribution in [2.75, 3.05) is 5.32 Å². The molecule has 2 amide bonds. The first-order valence-electron chi connectivity index (χ1n) is 7.30. The van der Waals surface area contributed by atoms with Gasteiger partial charge in [-0.05, 0) is 36.1 Å². The number of fused-ring (bicyclic) bond motifs is 1. The second-order valence-corrected chi connectivity index (χ2v) is 5.65. The fraction of sp³-hybridized carbons (Fsp3) is 0.250. The molecule has 1 atom stereocenters. The summed E-state index contributed by atoms with van der Waals surface area (Å²) in [5.74, 6) is -2.49. The van der Waals surface area contributed by atoms with Gasteiger partial charge in [-0.2, -0.15) is 0 Å². The Morgan fingerprint density at radius 2 is 2.04 bits per heavy atom. The van der Waals surface area contributed by atoms with Crippen LogP contribution < -0.4 is 10.6 Å². The van der Waals surface area contributed by atoms with Crippen LogP contribution in [-0.2, 0) is 13.5 Å². The molecule has 8 heteroatoms. The third-order valence-corrected chi connectivity index (χ3v) is 4.07. The van der Waals surface area contributed by atoms with Crippen molar-refractivity contribution in [1.29, 1.82) is 0 Å². The lowest BCUT2D eigenvalue weighted by Crippen LogP contribution is -2.24. The lowest BCUT2D eigenvalue weighted by Gasteiger charge is -2.09. The van der Waals surface area contributed by atoms with Crippen molar-refractivity contribution in [2.45, 2.75) is 18.9 Å². The van der Waals surface area contributed by atoms with E-state index in [-0.39, 0.29) is 11.7 Å². The summed E-state index contributed by atoms with van der Waals surface area (Å²) >= 11 is 0. The van der Waals surface area contributed by atoms with E-state index in [9.17, 15) is 18.4 Å². The van der Waals surface area contributed by atoms with E-state index in [1.54, 1.807) is 17.8 Å². The van der Waals surface area contributed by atoms with Crippen molar-refractivity contribution in [3.63, 3.8) is 0 Å². The summed E-state index contributed by atoms with van der Waals surface area (Å²) in [5, 5.41) is 13.8. The zero-order valence-corrected chi connectivity index (χ0v) is 12.8. The third-order valence-electron chi connectivity index (χ3n) is 4.07. The van der Waals surface area contributed by atoms with Gasteiger partial charge in [-0.1, -0.05) is 0 Å². The molecule has 0 radical (unpaired) electrons. The van der Waals surface area contributed by atoms with E-state index in [2.05, 4.69) is 10.6 Å². The normalized spacial score (nSPS) is 15.9. The van der Waals surface area contributed by atoms with Gasteiger partial charge in [-0.25, -0.2) is 13.6 Å². The van der Waals surface area contributed by atoms with E-state index in [4.69, 9.17) is 5.11 Å². The minimum atomic E-state index is -1.12. The highest BCUT2D eigenvalue weighted by Gasteiger charge is 2.31. The molecule has 24 heavy (non-hydrogen) atoms. The number of nitrogens with zero attached hydrogens (tertiary/aromatic N) is 1. The maximum atomic E-state index is 13.2. The summed E-state index contributed by atoms with van der Waals surface area (Å²) in [6.45, 7) is 0. The van der Waals surface area contributed by atoms with E-state index < -0.39 is 23.6 Å². The predicted octanol–water partition coefficient (Wildman–Crippen LogP) is 2.81. The molecule has 0 aliphatic heterocycles. The maximum absolute atomic E-state index is 13.2. The molecule has 126 valence electrons. The fourth-order valence-corrected chi connectivity index (χ4v) is 3.07. The van der Waals surface area contributed by atoms with Gasteiger partial charge in [0.15, 0.2) is 11.6 Å². The van der Waals surface area contributed by atoms with Gasteiger partial charge < -0.3 is 20.3 Å². The van der Waals surface area contributed by atoms with Crippen LogP contribution in [0.2, 0.25) is 0 Å². The van der Waals surface area contributed by atoms with E-state index in [1.807, 2.05) is 0 Å². The van der Waals surface area contributed by atoms with Crippen LogP contribution in [0, 0.1) is 11.6 Å². The number of carbonyl (C=O) groups excluding carboxylic acids is 1. The highest BCUT2D eigenvalue weighted by Crippen LogP contribution is 2.34. The molecule has 1 aliphatic carbocycles. The summed E-state index contributed by atoms with van der Waals surface area (Å²) in [6, 6.07) is 2.76. The van der Waals surface area contributed by atoms with Gasteiger partial charge in [0.2, 0.25) is 0 Å². The van der Waals surface area contributed by atoms with Gasteiger partial charge >= 0.3 is 6.09 Å². The number of carbonyl (C=O) groups is 2. The van der Waals surface area contributed by atoms with Crippen LogP contribution in [-0.4, -0.2) is 21.7 Å². The van der Waals surface area contributed by atoms with Crippen LogP contribution in [0.4, 0.5) is 19.3 Å². The van der Waals surface area contributed by atoms with Crippen LogP contribution in [0.15, 0.2) is 24.4 Å². The Morgan fingerprint density at radius 1 is 1.29 bits per heavy atom. The van der Waals surface area contributed by atoms with Gasteiger partial charge in [0.25, 0.3) is 5.91 Å². The molecule has 3 N–H and O–H groups in total. The number of rotatable bonds is 3. The first kappa shape index (κ1) is 16.0. The van der Waals surface area contributed by atoms with Gasteiger partial charge in [0.05, 0.1) is 6.04 Å². The summed E-state index contributed by atoms with van der Waals surface area (Å²) < 4.78 is 27.8. The zero-order chi connectivity index (χ0) is 17.4. The second-order valence-electron chi connectivity index (χ2n) is 5.65. The monoisotopic (exact) mass is 335 g/mol. The molecule has 1 aromatic heterocycles. The van der Waals surface area contributed by atoms with Crippen LogP contribution in [0.5, 0.6) is 0 Å². The van der Waals surface area contributed by atoms with Gasteiger partial charge in [0.1, 0.15) is 5.69 Å². The van der Waals surface area contributed by atoms with E-state index in [0.29, 0.717) is 18.5 Å². The third kappa shape index (κ3) is 2.82. The summed E-state index contributed by atoms with van der Waals surface area (Å²) in [7, 11) is 1.68. The molecule has 2 aromatic rings. The standard InChI is InChI=1S/C16H15F2N3O3/c1-21-7-10-9(3-5-13(10)20-16(23)24)14(21)15(22)19-8-2-4-11(17)12(18)6-8/h2,4,6-7,13,20H,3,5H2,1H3,(H,19,22)(H,23,24). The van der Waals surface area contributed by atoms with E-state index in [0.717, 1.165) is 23.3 Å². The molecule has 0 bridgehead atoms. The van der Waals surface area contributed by atoms with Crippen LogP contribution in [0.3, 0.4) is 0 Å². The Balaban J connectivity index is 1.86. The van der Waals surface area contributed by atoms with Crippen molar-refractivity contribution in [1.82, 2.24) is 9.88 Å². The molecule has 1 heterocycles. The number of carboxylic acid groups (broad SMARTS) is 1. The van der Waals surface area contributed by atoms with Gasteiger partial charge in [-0.3, -0.25) is 4.79 Å². The average Bonchev–Trinajstić information content (AvgIpc) is 3.01.